The normalized spacial score (nSPS) is 17.0. The molecule has 124 valence electrons. The van der Waals surface area contributed by atoms with Crippen molar-refractivity contribution in [3.63, 3.8) is 0 Å². The summed E-state index contributed by atoms with van der Waals surface area (Å²) in [7, 11) is 4.05. The summed E-state index contributed by atoms with van der Waals surface area (Å²) in [5.41, 5.74) is 0. The van der Waals surface area contributed by atoms with E-state index < -0.39 is 0 Å². The van der Waals surface area contributed by atoms with Gasteiger partial charge < -0.3 is 20.0 Å². The predicted octanol–water partition coefficient (Wildman–Crippen LogP) is 2.25. The van der Waals surface area contributed by atoms with Crippen molar-refractivity contribution in [1.82, 2.24) is 15.5 Å². The lowest BCUT2D eigenvalue weighted by Crippen LogP contribution is -2.43. The zero-order valence-electron chi connectivity index (χ0n) is 14.0. The van der Waals surface area contributed by atoms with Gasteiger partial charge in [-0.05, 0) is 32.0 Å². The van der Waals surface area contributed by atoms with Crippen molar-refractivity contribution in [2.45, 2.75) is 44.6 Å². The molecule has 2 rings (SSSR count). The largest absolute Gasteiger partial charge is 0.469 e. The molecule has 1 heterocycles. The van der Waals surface area contributed by atoms with Crippen molar-refractivity contribution >= 4 is 5.96 Å². The first-order chi connectivity index (χ1) is 10.8. The molecule has 0 spiro atoms. The average molecular weight is 306 g/mol. The molecule has 1 aliphatic carbocycles. The summed E-state index contributed by atoms with van der Waals surface area (Å²) < 4.78 is 5.32. The van der Waals surface area contributed by atoms with Gasteiger partial charge in [-0.25, -0.2) is 0 Å². The van der Waals surface area contributed by atoms with Gasteiger partial charge in [-0.2, -0.15) is 0 Å². The number of aliphatic imine (C=N–C) groups is 1. The summed E-state index contributed by atoms with van der Waals surface area (Å²) in [6.45, 7) is 2.81. The van der Waals surface area contributed by atoms with Gasteiger partial charge in [-0.3, -0.25) is 4.99 Å². The summed E-state index contributed by atoms with van der Waals surface area (Å²) >= 11 is 0. The van der Waals surface area contributed by atoms with Gasteiger partial charge in [-0.1, -0.05) is 19.3 Å². The second-order valence-electron chi connectivity index (χ2n) is 6.03. The van der Waals surface area contributed by atoms with Crippen molar-refractivity contribution in [3.05, 3.63) is 24.2 Å². The van der Waals surface area contributed by atoms with Gasteiger partial charge in [-0.15, -0.1) is 0 Å². The lowest BCUT2D eigenvalue weighted by atomic mass is 9.94. The third kappa shape index (κ3) is 5.72. The maximum atomic E-state index is 5.32. The Balaban J connectivity index is 1.59. The van der Waals surface area contributed by atoms with E-state index in [0.717, 1.165) is 43.8 Å². The third-order valence-electron chi connectivity index (χ3n) is 4.42. The van der Waals surface area contributed by atoms with Crippen LogP contribution < -0.4 is 10.6 Å². The van der Waals surface area contributed by atoms with Crippen LogP contribution in [0.3, 0.4) is 0 Å². The number of rotatable bonds is 7. The Morgan fingerprint density at radius 1 is 1.27 bits per heavy atom. The number of likely N-dealkylation sites (N-methyl/N-ethyl adjacent to an activating group) is 1. The highest BCUT2D eigenvalue weighted by Crippen LogP contribution is 2.21. The molecule has 1 aliphatic rings. The van der Waals surface area contributed by atoms with E-state index in [0.29, 0.717) is 0 Å². The number of hydrogen-bond donors (Lipinski definition) is 2. The van der Waals surface area contributed by atoms with E-state index in [9.17, 15) is 0 Å². The van der Waals surface area contributed by atoms with Crippen molar-refractivity contribution in [2.75, 3.05) is 33.7 Å². The van der Waals surface area contributed by atoms with Crippen LogP contribution in [-0.2, 0) is 6.42 Å². The summed E-state index contributed by atoms with van der Waals surface area (Å²) in [6, 6.07) is 4.69. The fourth-order valence-electron chi connectivity index (χ4n) is 3.03. The van der Waals surface area contributed by atoms with Crippen LogP contribution >= 0.6 is 0 Å². The molecule has 0 unspecified atom stereocenters. The lowest BCUT2D eigenvalue weighted by molar-refractivity contribution is 0.194. The molecule has 0 bridgehead atoms. The highest BCUT2D eigenvalue weighted by molar-refractivity contribution is 5.79. The number of furan rings is 1. The Hall–Kier alpha value is -1.49. The topological polar surface area (TPSA) is 52.8 Å². The SMILES string of the molecule is CN=C(NCCc1ccco1)NCCN(C)C1CCCCC1. The summed E-state index contributed by atoms with van der Waals surface area (Å²) in [6.07, 6.45) is 9.48. The second kappa shape index (κ2) is 9.51. The molecule has 1 saturated carbocycles. The second-order valence-corrected chi connectivity index (χ2v) is 6.03. The molecule has 5 nitrogen and oxygen atoms in total. The third-order valence-corrected chi connectivity index (χ3v) is 4.42. The van der Waals surface area contributed by atoms with Crippen LogP contribution in [0.25, 0.3) is 0 Å². The molecule has 0 amide bonds. The Bertz CT molecular complexity index is 424. The van der Waals surface area contributed by atoms with Crippen molar-refractivity contribution in [2.24, 2.45) is 4.99 Å². The Morgan fingerprint density at radius 3 is 2.73 bits per heavy atom. The minimum absolute atomic E-state index is 0.768. The van der Waals surface area contributed by atoms with Gasteiger partial charge in [0.05, 0.1) is 6.26 Å². The first-order valence-electron chi connectivity index (χ1n) is 8.46. The molecular formula is C17H30N4O. The quantitative estimate of drug-likeness (QED) is 0.599. The van der Waals surface area contributed by atoms with Crippen LogP contribution in [0.1, 0.15) is 37.9 Å². The van der Waals surface area contributed by atoms with Crippen molar-refractivity contribution < 1.29 is 4.42 Å². The van der Waals surface area contributed by atoms with Crippen LogP contribution in [0.15, 0.2) is 27.8 Å². The molecule has 1 aromatic heterocycles. The van der Waals surface area contributed by atoms with Crippen LogP contribution in [0.5, 0.6) is 0 Å². The van der Waals surface area contributed by atoms with Crippen LogP contribution in [0.4, 0.5) is 0 Å². The monoisotopic (exact) mass is 306 g/mol. The van der Waals surface area contributed by atoms with Gasteiger partial charge in [0, 0.05) is 39.1 Å². The van der Waals surface area contributed by atoms with E-state index in [1.807, 2.05) is 19.2 Å². The molecule has 0 saturated heterocycles. The zero-order valence-corrected chi connectivity index (χ0v) is 14.0. The number of nitrogens with zero attached hydrogens (tertiary/aromatic N) is 2. The Labute approximate surface area is 134 Å². The molecule has 1 fully saturated rings. The van der Waals surface area contributed by atoms with Gasteiger partial charge >= 0.3 is 0 Å². The highest BCUT2D eigenvalue weighted by atomic mass is 16.3. The minimum Gasteiger partial charge on any atom is -0.469 e. The fraction of sp³-hybridized carbons (Fsp3) is 0.706. The molecule has 0 radical (unpaired) electrons. The van der Waals surface area contributed by atoms with E-state index in [1.54, 1.807) is 6.26 Å². The predicted molar refractivity (Wildman–Crippen MR) is 91.3 cm³/mol. The van der Waals surface area contributed by atoms with E-state index in [1.165, 1.54) is 32.1 Å². The molecule has 5 heteroatoms. The zero-order chi connectivity index (χ0) is 15.6. The molecule has 1 aromatic rings. The van der Waals surface area contributed by atoms with Crippen LogP contribution in [0, 0.1) is 0 Å². The van der Waals surface area contributed by atoms with E-state index >= 15 is 0 Å². The first kappa shape index (κ1) is 16.9. The van der Waals surface area contributed by atoms with Crippen molar-refractivity contribution in [1.29, 1.82) is 0 Å². The maximum Gasteiger partial charge on any atom is 0.191 e. The summed E-state index contributed by atoms with van der Waals surface area (Å²) in [5, 5.41) is 6.71. The average Bonchev–Trinajstić information content (AvgIpc) is 3.07. The van der Waals surface area contributed by atoms with E-state index in [2.05, 4.69) is 27.6 Å². The molecule has 0 atom stereocenters. The summed E-state index contributed by atoms with van der Waals surface area (Å²) in [4.78, 5) is 6.75. The van der Waals surface area contributed by atoms with Gasteiger partial charge in [0.15, 0.2) is 5.96 Å². The number of guanidine groups is 1. The van der Waals surface area contributed by atoms with Crippen LogP contribution in [0.2, 0.25) is 0 Å². The molecule has 0 aromatic carbocycles. The standard InChI is InChI=1S/C17H30N4O/c1-18-17(19-11-10-16-9-6-14-22-16)20-12-13-21(2)15-7-4-3-5-8-15/h6,9,14-15H,3-5,7-8,10-13H2,1-2H3,(H2,18,19,20). The number of hydrogen-bond acceptors (Lipinski definition) is 3. The van der Waals surface area contributed by atoms with Gasteiger partial charge in [0.1, 0.15) is 5.76 Å². The van der Waals surface area contributed by atoms with Crippen molar-refractivity contribution in [3.8, 4) is 0 Å². The van der Waals surface area contributed by atoms with Gasteiger partial charge in [0.2, 0.25) is 0 Å². The molecular weight excluding hydrogens is 276 g/mol. The summed E-state index contributed by atoms with van der Waals surface area (Å²) in [5.74, 6) is 1.86. The lowest BCUT2D eigenvalue weighted by Gasteiger charge is -2.31. The number of nitrogens with one attached hydrogen (secondary N) is 2. The first-order valence-corrected chi connectivity index (χ1v) is 8.46. The fourth-order valence-corrected chi connectivity index (χ4v) is 3.03. The van der Waals surface area contributed by atoms with Crippen LogP contribution in [-0.4, -0.2) is 50.6 Å². The molecule has 22 heavy (non-hydrogen) atoms. The van der Waals surface area contributed by atoms with E-state index in [4.69, 9.17) is 4.42 Å². The minimum atomic E-state index is 0.768. The molecule has 2 N–H and O–H groups in total. The Morgan fingerprint density at radius 2 is 2.05 bits per heavy atom. The van der Waals surface area contributed by atoms with E-state index in [-0.39, 0.29) is 0 Å². The maximum absolute atomic E-state index is 5.32. The smallest absolute Gasteiger partial charge is 0.191 e. The highest BCUT2D eigenvalue weighted by Gasteiger charge is 2.17. The molecule has 0 aliphatic heterocycles. The van der Waals surface area contributed by atoms with Gasteiger partial charge in [0.25, 0.3) is 0 Å². The Kier molecular flexibility index (Phi) is 7.30.